The van der Waals surface area contributed by atoms with Gasteiger partial charge in [-0.15, -0.1) is 0 Å². The van der Waals surface area contributed by atoms with Crippen LogP contribution < -0.4 is 10.8 Å². The Labute approximate surface area is 148 Å². The molecule has 2 fully saturated rings. The largest absolute Gasteiger partial charge is 0.381 e. The number of nitrogens with one attached hydrogen (secondary N) is 2. The van der Waals surface area contributed by atoms with Crippen molar-refractivity contribution in [2.24, 2.45) is 5.92 Å². The van der Waals surface area contributed by atoms with Crippen LogP contribution >= 0.6 is 0 Å². The lowest BCUT2D eigenvalue weighted by Crippen LogP contribution is -2.46. The number of benzene rings is 1. The first-order valence-corrected chi connectivity index (χ1v) is 9.01. The van der Waals surface area contributed by atoms with Crippen LogP contribution in [0.2, 0.25) is 0 Å². The van der Waals surface area contributed by atoms with E-state index in [1.165, 1.54) is 5.56 Å². The first-order chi connectivity index (χ1) is 12.2. The number of rotatable bonds is 7. The van der Waals surface area contributed by atoms with Crippen LogP contribution in [0.4, 0.5) is 0 Å². The predicted octanol–water partition coefficient (Wildman–Crippen LogP) is 1.70. The van der Waals surface area contributed by atoms with E-state index in [0.717, 1.165) is 32.1 Å². The van der Waals surface area contributed by atoms with Gasteiger partial charge in [0.15, 0.2) is 6.61 Å². The molecule has 0 atom stereocenters. The molecule has 0 spiro atoms. The molecule has 0 unspecified atom stereocenters. The molecular weight excluding hydrogens is 320 g/mol. The van der Waals surface area contributed by atoms with Crippen molar-refractivity contribution in [3.8, 4) is 0 Å². The average Bonchev–Trinajstić information content (AvgIpc) is 2.60. The van der Waals surface area contributed by atoms with Crippen LogP contribution in [0.15, 0.2) is 30.3 Å². The molecule has 1 heterocycles. The van der Waals surface area contributed by atoms with Gasteiger partial charge < -0.3 is 10.1 Å². The summed E-state index contributed by atoms with van der Waals surface area (Å²) in [4.78, 5) is 28.8. The van der Waals surface area contributed by atoms with E-state index in [-0.39, 0.29) is 29.8 Å². The fourth-order valence-corrected chi connectivity index (χ4v) is 3.37. The molecule has 6 nitrogen and oxygen atoms in total. The van der Waals surface area contributed by atoms with E-state index in [1.54, 1.807) is 0 Å². The van der Waals surface area contributed by atoms with Gasteiger partial charge in [0.25, 0.3) is 0 Å². The summed E-state index contributed by atoms with van der Waals surface area (Å²) in [5.74, 6) is -0.299. The third-order valence-electron chi connectivity index (χ3n) is 5.31. The topological polar surface area (TPSA) is 76.7 Å². The summed E-state index contributed by atoms with van der Waals surface area (Å²) < 4.78 is 5.50. The lowest BCUT2D eigenvalue weighted by molar-refractivity contribution is -0.144. The van der Waals surface area contributed by atoms with Gasteiger partial charge in [0, 0.05) is 31.1 Å². The smallest absolute Gasteiger partial charge is 0.248 e. The Morgan fingerprint density at radius 2 is 1.88 bits per heavy atom. The Morgan fingerprint density at radius 3 is 2.52 bits per heavy atom. The monoisotopic (exact) mass is 346 g/mol. The fourth-order valence-electron chi connectivity index (χ4n) is 3.37. The number of carbonyl (C=O) groups is 2. The van der Waals surface area contributed by atoms with Gasteiger partial charge in [-0.05, 0) is 31.2 Å². The van der Waals surface area contributed by atoms with E-state index < -0.39 is 0 Å². The minimum atomic E-state index is -0.226. The molecule has 1 saturated carbocycles. The predicted molar refractivity (Wildman–Crippen MR) is 92.6 cm³/mol. The second kappa shape index (κ2) is 8.45. The van der Waals surface area contributed by atoms with E-state index in [2.05, 4.69) is 22.9 Å². The first-order valence-electron chi connectivity index (χ1n) is 9.01. The summed E-state index contributed by atoms with van der Waals surface area (Å²) in [7, 11) is 0. The van der Waals surface area contributed by atoms with E-state index >= 15 is 0 Å². The summed E-state index contributed by atoms with van der Waals surface area (Å²) in [5.41, 5.74) is 3.49. The molecule has 0 bridgehead atoms. The fraction of sp³-hybridized carbons (Fsp3) is 0.579. The highest BCUT2D eigenvalue weighted by Crippen LogP contribution is 2.34. The minimum absolute atomic E-state index is 0.0478. The van der Waals surface area contributed by atoms with Crippen LogP contribution in [0.5, 0.6) is 0 Å². The molecule has 25 heavy (non-hydrogen) atoms. The average molecular weight is 346 g/mol. The lowest BCUT2D eigenvalue weighted by Gasteiger charge is -2.38. The Bertz CT molecular complexity index is 580. The van der Waals surface area contributed by atoms with Crippen molar-refractivity contribution in [3.05, 3.63) is 35.9 Å². The Hall–Kier alpha value is -1.92. The minimum Gasteiger partial charge on any atom is -0.381 e. The van der Waals surface area contributed by atoms with Gasteiger partial charge in [-0.2, -0.15) is 0 Å². The third kappa shape index (κ3) is 4.58. The number of carbonyl (C=O) groups excluding carboxylic acids is 2. The quantitative estimate of drug-likeness (QED) is 0.737. The molecule has 0 aromatic heterocycles. The standard InChI is InChI=1S/C19H26N2O4/c22-17(13-25-21-18(23)15-5-4-6-15)20-14-19(9-11-24-12-10-19)16-7-2-1-3-8-16/h1-3,7-8,15H,4-6,9-14H2,(H,20,22)(H,21,23). The molecule has 136 valence electrons. The second-order valence-electron chi connectivity index (χ2n) is 6.92. The molecular formula is C19H26N2O4. The summed E-state index contributed by atoms with van der Waals surface area (Å²) in [5, 5.41) is 2.95. The van der Waals surface area contributed by atoms with Gasteiger partial charge in [-0.25, -0.2) is 5.48 Å². The van der Waals surface area contributed by atoms with Crippen molar-refractivity contribution in [1.82, 2.24) is 10.8 Å². The molecule has 2 amide bonds. The molecule has 1 aromatic carbocycles. The molecule has 1 saturated heterocycles. The zero-order valence-electron chi connectivity index (χ0n) is 14.5. The lowest BCUT2D eigenvalue weighted by atomic mass is 9.74. The van der Waals surface area contributed by atoms with Crippen LogP contribution in [-0.4, -0.2) is 38.2 Å². The molecule has 2 aliphatic rings. The van der Waals surface area contributed by atoms with Crippen molar-refractivity contribution in [1.29, 1.82) is 0 Å². The molecule has 1 aromatic rings. The molecule has 1 aliphatic heterocycles. The number of amides is 2. The summed E-state index contributed by atoms with van der Waals surface area (Å²) in [6.45, 7) is 1.76. The Kier molecular flexibility index (Phi) is 6.04. The first kappa shape index (κ1) is 17.9. The van der Waals surface area contributed by atoms with Crippen LogP contribution in [0.25, 0.3) is 0 Å². The summed E-state index contributed by atoms with van der Waals surface area (Å²) in [6, 6.07) is 10.2. The third-order valence-corrected chi connectivity index (χ3v) is 5.31. The van der Waals surface area contributed by atoms with Crippen LogP contribution in [0.3, 0.4) is 0 Å². The zero-order chi connectivity index (χ0) is 17.5. The zero-order valence-corrected chi connectivity index (χ0v) is 14.5. The SMILES string of the molecule is O=C(CONC(=O)C1CCC1)NCC1(c2ccccc2)CCOCC1. The van der Waals surface area contributed by atoms with Gasteiger partial charge in [0.1, 0.15) is 0 Å². The van der Waals surface area contributed by atoms with Gasteiger partial charge in [-0.3, -0.25) is 14.4 Å². The van der Waals surface area contributed by atoms with Crippen LogP contribution in [-0.2, 0) is 24.6 Å². The van der Waals surface area contributed by atoms with Crippen LogP contribution in [0.1, 0.15) is 37.7 Å². The molecule has 1 aliphatic carbocycles. The van der Waals surface area contributed by atoms with Gasteiger partial charge in [-0.1, -0.05) is 36.8 Å². The highest BCUT2D eigenvalue weighted by molar-refractivity contribution is 5.79. The van der Waals surface area contributed by atoms with Crippen molar-refractivity contribution in [3.63, 3.8) is 0 Å². The van der Waals surface area contributed by atoms with E-state index in [0.29, 0.717) is 19.8 Å². The maximum Gasteiger partial charge on any atom is 0.248 e. The van der Waals surface area contributed by atoms with E-state index in [1.807, 2.05) is 18.2 Å². The normalized spacial score (nSPS) is 19.7. The summed E-state index contributed by atoms with van der Waals surface area (Å²) >= 11 is 0. The summed E-state index contributed by atoms with van der Waals surface area (Å²) in [6.07, 6.45) is 4.64. The second-order valence-corrected chi connectivity index (χ2v) is 6.92. The van der Waals surface area contributed by atoms with Gasteiger partial charge in [0.05, 0.1) is 0 Å². The molecule has 0 radical (unpaired) electrons. The maximum absolute atomic E-state index is 12.1. The molecule has 6 heteroatoms. The van der Waals surface area contributed by atoms with Crippen molar-refractivity contribution < 1.29 is 19.2 Å². The van der Waals surface area contributed by atoms with Crippen LogP contribution in [0, 0.1) is 5.92 Å². The van der Waals surface area contributed by atoms with Gasteiger partial charge in [0.2, 0.25) is 11.8 Å². The molecule has 2 N–H and O–H groups in total. The number of ether oxygens (including phenoxy) is 1. The number of hydrogen-bond donors (Lipinski definition) is 2. The Morgan fingerprint density at radius 1 is 1.16 bits per heavy atom. The van der Waals surface area contributed by atoms with E-state index in [9.17, 15) is 9.59 Å². The highest BCUT2D eigenvalue weighted by Gasteiger charge is 2.34. The van der Waals surface area contributed by atoms with Crippen molar-refractivity contribution in [2.45, 2.75) is 37.5 Å². The number of hydroxylamine groups is 1. The molecule has 3 rings (SSSR count). The highest BCUT2D eigenvalue weighted by atomic mass is 16.7. The Balaban J connectivity index is 1.47. The maximum atomic E-state index is 12.1. The van der Waals surface area contributed by atoms with Gasteiger partial charge >= 0.3 is 0 Å². The number of hydrogen-bond acceptors (Lipinski definition) is 4. The van der Waals surface area contributed by atoms with E-state index in [4.69, 9.17) is 9.57 Å². The van der Waals surface area contributed by atoms with Crippen molar-refractivity contribution >= 4 is 11.8 Å². The van der Waals surface area contributed by atoms with Crippen molar-refractivity contribution in [2.75, 3.05) is 26.4 Å².